The Kier molecular flexibility index (Phi) is 5.79. The highest BCUT2D eigenvalue weighted by Crippen LogP contribution is 2.31. The van der Waals surface area contributed by atoms with Gasteiger partial charge in [-0.25, -0.2) is 0 Å². The standard InChI is InChI=1S/C15H15BrN2O3S/c1-3-6-21-12-5-4-11(16)7-10(12)8-13-14(20)18-15(22-13)17-9(2)19/h4-5,7-8H,3,6H2,1-2H3,(H,17,18,19,20)/b13-8+. The number of hydrogen-bond donors (Lipinski definition) is 1. The summed E-state index contributed by atoms with van der Waals surface area (Å²) in [6, 6.07) is 5.61. The van der Waals surface area contributed by atoms with Gasteiger partial charge in [0.05, 0.1) is 11.5 Å². The fourth-order valence-corrected chi connectivity index (χ4v) is 2.96. The molecule has 0 fully saturated rings. The van der Waals surface area contributed by atoms with Gasteiger partial charge in [-0.1, -0.05) is 22.9 Å². The largest absolute Gasteiger partial charge is 0.493 e. The highest BCUT2D eigenvalue weighted by molar-refractivity contribution is 9.10. The molecule has 0 radical (unpaired) electrons. The lowest BCUT2D eigenvalue weighted by Gasteiger charge is -2.09. The van der Waals surface area contributed by atoms with Crippen LogP contribution in [0.25, 0.3) is 6.08 Å². The zero-order valence-corrected chi connectivity index (χ0v) is 14.6. The molecule has 7 heteroatoms. The van der Waals surface area contributed by atoms with Gasteiger partial charge in [0.1, 0.15) is 5.75 Å². The average molecular weight is 383 g/mol. The summed E-state index contributed by atoms with van der Waals surface area (Å²) < 4.78 is 6.58. The van der Waals surface area contributed by atoms with E-state index < -0.39 is 0 Å². The normalized spacial score (nSPS) is 15.9. The average Bonchev–Trinajstić information content (AvgIpc) is 2.77. The minimum Gasteiger partial charge on any atom is -0.493 e. The van der Waals surface area contributed by atoms with Crippen LogP contribution in [0.3, 0.4) is 0 Å². The zero-order chi connectivity index (χ0) is 16.1. The van der Waals surface area contributed by atoms with Crippen molar-refractivity contribution in [3.05, 3.63) is 33.1 Å². The number of halogens is 1. The number of rotatable bonds is 4. The molecule has 0 spiro atoms. The van der Waals surface area contributed by atoms with Gasteiger partial charge in [-0.15, -0.1) is 0 Å². The highest BCUT2D eigenvalue weighted by atomic mass is 79.9. The summed E-state index contributed by atoms with van der Waals surface area (Å²) in [6.07, 6.45) is 2.62. The summed E-state index contributed by atoms with van der Waals surface area (Å²) in [5, 5.41) is 2.82. The van der Waals surface area contributed by atoms with Crippen molar-refractivity contribution in [2.75, 3.05) is 6.61 Å². The number of nitrogens with zero attached hydrogens (tertiary/aromatic N) is 1. The van der Waals surface area contributed by atoms with Crippen molar-refractivity contribution in [3.63, 3.8) is 0 Å². The van der Waals surface area contributed by atoms with Gasteiger partial charge in [-0.2, -0.15) is 4.99 Å². The van der Waals surface area contributed by atoms with Crippen molar-refractivity contribution in [3.8, 4) is 5.75 Å². The lowest BCUT2D eigenvalue weighted by molar-refractivity contribution is -0.117. The molecule has 1 aromatic carbocycles. The maximum absolute atomic E-state index is 11.9. The molecule has 0 aliphatic carbocycles. The van der Waals surface area contributed by atoms with Gasteiger partial charge in [-0.3, -0.25) is 9.59 Å². The number of carbonyl (C=O) groups is 2. The van der Waals surface area contributed by atoms with E-state index in [2.05, 4.69) is 26.2 Å². The molecule has 0 atom stereocenters. The van der Waals surface area contributed by atoms with E-state index >= 15 is 0 Å². The summed E-state index contributed by atoms with van der Waals surface area (Å²) >= 11 is 4.55. The molecule has 0 unspecified atom stereocenters. The Balaban J connectivity index is 2.24. The fraction of sp³-hybridized carbons (Fsp3) is 0.267. The number of thioether (sulfide) groups is 1. The van der Waals surface area contributed by atoms with Crippen molar-refractivity contribution in [2.45, 2.75) is 20.3 Å². The minimum atomic E-state index is -0.366. The molecule has 1 aromatic rings. The predicted octanol–water partition coefficient (Wildman–Crippen LogP) is 3.34. The molecule has 0 saturated heterocycles. The van der Waals surface area contributed by atoms with Gasteiger partial charge in [0.2, 0.25) is 5.91 Å². The first-order chi connectivity index (χ1) is 10.5. The molecule has 1 N–H and O–H groups in total. The second-order valence-corrected chi connectivity index (χ2v) is 6.49. The molecule has 1 aliphatic rings. The summed E-state index contributed by atoms with van der Waals surface area (Å²) in [6.45, 7) is 4.01. The van der Waals surface area contributed by atoms with E-state index in [1.54, 1.807) is 6.08 Å². The van der Waals surface area contributed by atoms with E-state index in [9.17, 15) is 9.59 Å². The second-order valence-electron chi connectivity index (χ2n) is 4.54. The molecule has 116 valence electrons. The number of amidine groups is 1. The number of benzene rings is 1. The van der Waals surface area contributed by atoms with Crippen molar-refractivity contribution in [2.24, 2.45) is 4.99 Å². The first-order valence-electron chi connectivity index (χ1n) is 6.72. The van der Waals surface area contributed by atoms with Crippen molar-refractivity contribution < 1.29 is 14.3 Å². The van der Waals surface area contributed by atoms with Crippen LogP contribution >= 0.6 is 27.7 Å². The number of amides is 2. The van der Waals surface area contributed by atoms with Crippen LogP contribution in [0.4, 0.5) is 0 Å². The molecule has 0 bridgehead atoms. The number of nitrogens with one attached hydrogen (secondary N) is 1. The lowest BCUT2D eigenvalue weighted by atomic mass is 10.2. The second kappa shape index (κ2) is 7.60. The van der Waals surface area contributed by atoms with Gasteiger partial charge in [-0.05, 0) is 42.5 Å². The molecule has 22 heavy (non-hydrogen) atoms. The van der Waals surface area contributed by atoms with Crippen LogP contribution in [0.5, 0.6) is 5.75 Å². The van der Waals surface area contributed by atoms with Crippen LogP contribution in [0, 0.1) is 0 Å². The van der Waals surface area contributed by atoms with E-state index in [-0.39, 0.29) is 11.8 Å². The number of aliphatic imine (C=N–C) groups is 1. The molecule has 2 rings (SSSR count). The van der Waals surface area contributed by atoms with Crippen molar-refractivity contribution >= 4 is 50.7 Å². The quantitative estimate of drug-likeness (QED) is 0.810. The van der Waals surface area contributed by atoms with Crippen molar-refractivity contribution in [1.29, 1.82) is 0 Å². The monoisotopic (exact) mass is 382 g/mol. The molecule has 5 nitrogen and oxygen atoms in total. The van der Waals surface area contributed by atoms with Crippen LogP contribution in [-0.4, -0.2) is 23.6 Å². The molecule has 0 aromatic heterocycles. The maximum atomic E-state index is 11.9. The van der Waals surface area contributed by atoms with Crippen LogP contribution in [0.15, 0.2) is 32.6 Å². The van der Waals surface area contributed by atoms with E-state index in [1.807, 2.05) is 25.1 Å². The van der Waals surface area contributed by atoms with E-state index in [1.165, 1.54) is 6.92 Å². The number of carbonyl (C=O) groups excluding carboxylic acids is 2. The number of hydrogen-bond acceptors (Lipinski definition) is 4. The summed E-state index contributed by atoms with van der Waals surface area (Å²) in [5.41, 5.74) is 0.790. The Morgan fingerprint density at radius 3 is 2.95 bits per heavy atom. The van der Waals surface area contributed by atoms with Gasteiger partial charge in [0.25, 0.3) is 5.91 Å². The molecule has 0 saturated carbocycles. The van der Waals surface area contributed by atoms with Gasteiger partial charge in [0, 0.05) is 17.0 Å². The van der Waals surface area contributed by atoms with Crippen LogP contribution < -0.4 is 10.1 Å². The van der Waals surface area contributed by atoms with Crippen LogP contribution in [0.2, 0.25) is 0 Å². The zero-order valence-electron chi connectivity index (χ0n) is 12.2. The third-order valence-electron chi connectivity index (χ3n) is 2.62. The predicted molar refractivity (Wildman–Crippen MR) is 91.8 cm³/mol. The third-order valence-corrected chi connectivity index (χ3v) is 4.02. The van der Waals surface area contributed by atoms with E-state index in [0.29, 0.717) is 22.4 Å². The van der Waals surface area contributed by atoms with Crippen LogP contribution in [0.1, 0.15) is 25.8 Å². The summed E-state index contributed by atoms with van der Waals surface area (Å²) in [4.78, 5) is 27.2. The Labute approximate surface area is 141 Å². The molecular weight excluding hydrogens is 368 g/mol. The maximum Gasteiger partial charge on any atom is 0.286 e. The van der Waals surface area contributed by atoms with Gasteiger partial charge in [0.15, 0.2) is 5.17 Å². The number of ether oxygens (including phenoxy) is 1. The summed E-state index contributed by atoms with van der Waals surface area (Å²) in [5.74, 6) is 0.0869. The first-order valence-corrected chi connectivity index (χ1v) is 8.33. The smallest absolute Gasteiger partial charge is 0.286 e. The lowest BCUT2D eigenvalue weighted by Crippen LogP contribution is -2.23. The van der Waals surface area contributed by atoms with Crippen LogP contribution in [-0.2, 0) is 9.59 Å². The molecule has 2 amide bonds. The first kappa shape index (κ1) is 16.8. The fourth-order valence-electron chi connectivity index (χ4n) is 1.73. The van der Waals surface area contributed by atoms with Gasteiger partial charge < -0.3 is 10.1 Å². The SMILES string of the molecule is CCCOc1ccc(Br)cc1/C=C1/SC(NC(C)=O)=NC1=O. The molecular formula is C15H15BrN2O3S. The minimum absolute atomic E-state index is 0.255. The van der Waals surface area contributed by atoms with E-state index in [4.69, 9.17) is 4.74 Å². The Hall–Kier alpha value is -1.60. The van der Waals surface area contributed by atoms with Crippen molar-refractivity contribution in [1.82, 2.24) is 5.32 Å². The Morgan fingerprint density at radius 2 is 2.27 bits per heavy atom. The molecule has 1 heterocycles. The van der Waals surface area contributed by atoms with Gasteiger partial charge >= 0.3 is 0 Å². The summed E-state index contributed by atoms with van der Waals surface area (Å²) in [7, 11) is 0. The third kappa shape index (κ3) is 4.45. The van der Waals surface area contributed by atoms with E-state index in [0.717, 1.165) is 28.2 Å². The Bertz CT molecular complexity index is 671. The molecule has 1 aliphatic heterocycles. The highest BCUT2D eigenvalue weighted by Gasteiger charge is 2.23. The Morgan fingerprint density at radius 1 is 1.50 bits per heavy atom. The topological polar surface area (TPSA) is 67.8 Å².